The second-order valence-corrected chi connectivity index (χ2v) is 3.70. The number of furan rings is 1. The van der Waals surface area contributed by atoms with Crippen LogP contribution in [0.25, 0.3) is 21.9 Å². The van der Waals surface area contributed by atoms with Gasteiger partial charge in [-0.15, -0.1) is 0 Å². The van der Waals surface area contributed by atoms with E-state index in [-0.39, 0.29) is 6.42 Å². The summed E-state index contributed by atoms with van der Waals surface area (Å²) in [6, 6.07) is 5.62. The molecule has 1 aromatic carbocycles. The zero-order chi connectivity index (χ0) is 11.1. The van der Waals surface area contributed by atoms with Crippen LogP contribution in [0.3, 0.4) is 0 Å². The van der Waals surface area contributed by atoms with Crippen LogP contribution in [0.15, 0.2) is 35.1 Å². The number of carboxylic acid groups (broad SMARTS) is 1. The fourth-order valence-corrected chi connectivity index (χ4v) is 2.01. The van der Waals surface area contributed by atoms with Gasteiger partial charge in [-0.25, -0.2) is 0 Å². The van der Waals surface area contributed by atoms with Gasteiger partial charge in [-0.1, -0.05) is 0 Å². The standard InChI is InChI=1S/C12H9NO3/c14-11(15)5-7-6-13-12-8(7)1-2-10-9(12)3-4-16-10/h1-4,6,13H,5H2,(H,14,15). The van der Waals surface area contributed by atoms with Gasteiger partial charge in [-0.3, -0.25) is 4.79 Å². The van der Waals surface area contributed by atoms with Crippen molar-refractivity contribution in [3.05, 3.63) is 36.2 Å². The van der Waals surface area contributed by atoms with Crippen molar-refractivity contribution in [3.63, 3.8) is 0 Å². The first-order valence-corrected chi connectivity index (χ1v) is 4.93. The van der Waals surface area contributed by atoms with E-state index in [9.17, 15) is 4.79 Å². The molecule has 16 heavy (non-hydrogen) atoms. The number of hydrogen-bond acceptors (Lipinski definition) is 2. The first-order chi connectivity index (χ1) is 7.75. The van der Waals surface area contributed by atoms with Gasteiger partial charge in [0.15, 0.2) is 0 Å². The number of H-pyrrole nitrogens is 1. The smallest absolute Gasteiger partial charge is 0.307 e. The van der Waals surface area contributed by atoms with Crippen molar-refractivity contribution in [1.82, 2.24) is 4.98 Å². The van der Waals surface area contributed by atoms with Crippen molar-refractivity contribution in [3.8, 4) is 0 Å². The summed E-state index contributed by atoms with van der Waals surface area (Å²) in [6.45, 7) is 0. The largest absolute Gasteiger partial charge is 0.481 e. The van der Waals surface area contributed by atoms with Gasteiger partial charge < -0.3 is 14.5 Å². The van der Waals surface area contributed by atoms with Crippen LogP contribution in [0.5, 0.6) is 0 Å². The summed E-state index contributed by atoms with van der Waals surface area (Å²) in [6.07, 6.45) is 3.40. The van der Waals surface area contributed by atoms with Crippen molar-refractivity contribution in [1.29, 1.82) is 0 Å². The van der Waals surface area contributed by atoms with E-state index in [2.05, 4.69) is 4.98 Å². The van der Waals surface area contributed by atoms with E-state index in [0.717, 1.165) is 27.4 Å². The summed E-state index contributed by atoms with van der Waals surface area (Å²) in [5, 5.41) is 10.7. The predicted octanol–water partition coefficient (Wildman–Crippen LogP) is 2.54. The zero-order valence-corrected chi connectivity index (χ0v) is 8.36. The van der Waals surface area contributed by atoms with Crippen LogP contribution >= 0.6 is 0 Å². The average molecular weight is 215 g/mol. The number of fused-ring (bicyclic) bond motifs is 3. The van der Waals surface area contributed by atoms with E-state index in [1.165, 1.54) is 0 Å². The second kappa shape index (κ2) is 3.13. The number of carbonyl (C=O) groups is 1. The molecule has 0 atom stereocenters. The van der Waals surface area contributed by atoms with Crippen LogP contribution in [-0.2, 0) is 11.2 Å². The van der Waals surface area contributed by atoms with Crippen LogP contribution in [0.4, 0.5) is 0 Å². The molecule has 0 aliphatic rings. The third kappa shape index (κ3) is 1.20. The molecule has 3 rings (SSSR count). The third-order valence-corrected chi connectivity index (χ3v) is 2.71. The molecule has 2 aromatic heterocycles. The average Bonchev–Trinajstić information content (AvgIpc) is 2.82. The molecule has 0 saturated heterocycles. The SMILES string of the molecule is O=C(O)Cc1c[nH]c2c1ccc1occc12. The maximum atomic E-state index is 10.7. The molecule has 0 radical (unpaired) electrons. The molecular weight excluding hydrogens is 206 g/mol. The summed E-state index contributed by atoms with van der Waals surface area (Å²) >= 11 is 0. The highest BCUT2D eigenvalue weighted by molar-refractivity contribution is 6.05. The zero-order valence-electron chi connectivity index (χ0n) is 8.36. The van der Waals surface area contributed by atoms with E-state index in [1.807, 2.05) is 18.2 Å². The maximum absolute atomic E-state index is 10.7. The van der Waals surface area contributed by atoms with E-state index < -0.39 is 5.97 Å². The van der Waals surface area contributed by atoms with Crippen LogP contribution in [0.1, 0.15) is 5.56 Å². The molecule has 0 fully saturated rings. The molecule has 2 N–H and O–H groups in total. The van der Waals surface area contributed by atoms with Crippen LogP contribution < -0.4 is 0 Å². The van der Waals surface area contributed by atoms with E-state index >= 15 is 0 Å². The summed E-state index contributed by atoms with van der Waals surface area (Å²) in [4.78, 5) is 13.8. The predicted molar refractivity (Wildman–Crippen MR) is 59.4 cm³/mol. The minimum absolute atomic E-state index is 0.0311. The lowest BCUT2D eigenvalue weighted by Gasteiger charge is -1.95. The van der Waals surface area contributed by atoms with E-state index in [0.29, 0.717) is 0 Å². The van der Waals surface area contributed by atoms with Gasteiger partial charge in [0.2, 0.25) is 0 Å². The topological polar surface area (TPSA) is 66.2 Å². The number of nitrogens with one attached hydrogen (secondary N) is 1. The van der Waals surface area contributed by atoms with E-state index in [4.69, 9.17) is 9.52 Å². The number of aliphatic carboxylic acids is 1. The van der Waals surface area contributed by atoms with Crippen molar-refractivity contribution in [2.24, 2.45) is 0 Å². The number of benzene rings is 1. The summed E-state index contributed by atoms with van der Waals surface area (Å²) in [7, 11) is 0. The van der Waals surface area contributed by atoms with Crippen LogP contribution in [0, 0.1) is 0 Å². The Balaban J connectivity index is 2.30. The first kappa shape index (κ1) is 9.03. The molecule has 0 unspecified atom stereocenters. The highest BCUT2D eigenvalue weighted by Gasteiger charge is 2.10. The molecule has 0 aliphatic heterocycles. The van der Waals surface area contributed by atoms with Crippen LogP contribution in [-0.4, -0.2) is 16.1 Å². The molecule has 0 aliphatic carbocycles. The number of aromatic amines is 1. The minimum atomic E-state index is -0.826. The number of hydrogen-bond donors (Lipinski definition) is 2. The van der Waals surface area contributed by atoms with Crippen molar-refractivity contribution in [2.75, 3.05) is 0 Å². The fourth-order valence-electron chi connectivity index (χ4n) is 2.01. The molecule has 4 heteroatoms. The highest BCUT2D eigenvalue weighted by Crippen LogP contribution is 2.27. The van der Waals surface area contributed by atoms with E-state index in [1.54, 1.807) is 12.5 Å². The fraction of sp³-hybridized carbons (Fsp3) is 0.0833. The third-order valence-electron chi connectivity index (χ3n) is 2.71. The van der Waals surface area contributed by atoms with Gasteiger partial charge in [0.25, 0.3) is 0 Å². The van der Waals surface area contributed by atoms with Gasteiger partial charge >= 0.3 is 5.97 Å². The molecule has 2 heterocycles. The number of carboxylic acids is 1. The Hall–Kier alpha value is -2.23. The molecule has 0 saturated carbocycles. The van der Waals surface area contributed by atoms with Crippen LogP contribution in [0.2, 0.25) is 0 Å². The van der Waals surface area contributed by atoms with Gasteiger partial charge in [0.05, 0.1) is 18.2 Å². The highest BCUT2D eigenvalue weighted by atomic mass is 16.4. The van der Waals surface area contributed by atoms with Gasteiger partial charge in [0, 0.05) is 17.0 Å². The quantitative estimate of drug-likeness (QED) is 0.690. The summed E-state index contributed by atoms with van der Waals surface area (Å²) in [5.74, 6) is -0.826. The van der Waals surface area contributed by atoms with Gasteiger partial charge in [-0.05, 0) is 23.8 Å². The van der Waals surface area contributed by atoms with Crippen molar-refractivity contribution >= 4 is 27.8 Å². The normalized spacial score (nSPS) is 11.2. The molecule has 0 spiro atoms. The Morgan fingerprint density at radius 1 is 1.31 bits per heavy atom. The molecular formula is C12H9NO3. The first-order valence-electron chi connectivity index (χ1n) is 4.93. The Bertz CT molecular complexity index is 678. The number of aromatic nitrogens is 1. The molecule has 4 nitrogen and oxygen atoms in total. The molecule has 3 aromatic rings. The lowest BCUT2D eigenvalue weighted by Crippen LogP contribution is -1.98. The maximum Gasteiger partial charge on any atom is 0.307 e. The van der Waals surface area contributed by atoms with Crippen molar-refractivity contribution in [2.45, 2.75) is 6.42 Å². The lowest BCUT2D eigenvalue weighted by molar-refractivity contribution is -0.136. The Kier molecular flexibility index (Phi) is 1.77. The Morgan fingerprint density at radius 3 is 3.00 bits per heavy atom. The van der Waals surface area contributed by atoms with Gasteiger partial charge in [0.1, 0.15) is 5.58 Å². The lowest BCUT2D eigenvalue weighted by atomic mass is 10.1. The van der Waals surface area contributed by atoms with Crippen molar-refractivity contribution < 1.29 is 14.3 Å². The summed E-state index contributed by atoms with van der Waals surface area (Å²) in [5.41, 5.74) is 2.53. The minimum Gasteiger partial charge on any atom is -0.481 e. The van der Waals surface area contributed by atoms with Gasteiger partial charge in [-0.2, -0.15) is 0 Å². The summed E-state index contributed by atoms with van der Waals surface area (Å²) < 4.78 is 5.28. The monoisotopic (exact) mass is 215 g/mol. The molecule has 80 valence electrons. The second-order valence-electron chi connectivity index (χ2n) is 3.70. The Labute approximate surface area is 90.5 Å². The molecule has 0 amide bonds. The number of rotatable bonds is 2. The Morgan fingerprint density at radius 2 is 2.19 bits per heavy atom. The molecule has 0 bridgehead atoms.